The van der Waals surface area contributed by atoms with Gasteiger partial charge in [-0.1, -0.05) is 12.1 Å². The van der Waals surface area contributed by atoms with Crippen LogP contribution in [0.5, 0.6) is 5.88 Å². The first-order valence-corrected chi connectivity index (χ1v) is 9.46. The molecule has 30 heavy (non-hydrogen) atoms. The van der Waals surface area contributed by atoms with Crippen LogP contribution in [0.15, 0.2) is 47.4 Å². The first-order valence-electron chi connectivity index (χ1n) is 9.46. The highest BCUT2D eigenvalue weighted by molar-refractivity contribution is 5.96. The van der Waals surface area contributed by atoms with Crippen molar-refractivity contribution in [1.82, 2.24) is 19.4 Å². The number of aromatic amines is 1. The lowest BCUT2D eigenvalue weighted by atomic mass is 10.0. The number of nitrogens with one attached hydrogen (secondary N) is 1. The van der Waals surface area contributed by atoms with Crippen LogP contribution in [-0.4, -0.2) is 51.2 Å². The molecule has 3 aromatic rings. The van der Waals surface area contributed by atoms with Crippen LogP contribution in [0.1, 0.15) is 29.2 Å². The highest BCUT2D eigenvalue weighted by atomic mass is 19.4. The van der Waals surface area contributed by atoms with Crippen LogP contribution in [0, 0.1) is 0 Å². The van der Waals surface area contributed by atoms with Gasteiger partial charge in [-0.15, -0.1) is 0 Å². The van der Waals surface area contributed by atoms with Gasteiger partial charge in [0.1, 0.15) is 5.56 Å². The predicted molar refractivity (Wildman–Crippen MR) is 103 cm³/mol. The smallest absolute Gasteiger partial charge is 0.422 e. The van der Waals surface area contributed by atoms with E-state index < -0.39 is 18.7 Å². The zero-order valence-electron chi connectivity index (χ0n) is 15.9. The van der Waals surface area contributed by atoms with Gasteiger partial charge in [0.05, 0.1) is 11.0 Å². The maximum absolute atomic E-state index is 12.9. The van der Waals surface area contributed by atoms with Gasteiger partial charge in [0.2, 0.25) is 5.88 Å². The Bertz CT molecular complexity index is 1110. The molecule has 1 aliphatic heterocycles. The molecular weight excluding hydrogens is 401 g/mol. The SMILES string of the molecule is O=C(c1cccnc1OCC(F)(F)F)N1CCC(n2c(=O)[nH]c3ccccc32)CC1. The molecule has 0 spiro atoms. The molecule has 1 N–H and O–H groups in total. The Morgan fingerprint density at radius 3 is 2.63 bits per heavy atom. The molecule has 10 heteroatoms. The number of para-hydroxylation sites is 2. The summed E-state index contributed by atoms with van der Waals surface area (Å²) in [7, 11) is 0. The molecule has 0 bridgehead atoms. The van der Waals surface area contributed by atoms with Crippen molar-refractivity contribution in [3.05, 3.63) is 58.6 Å². The van der Waals surface area contributed by atoms with E-state index in [1.165, 1.54) is 18.3 Å². The van der Waals surface area contributed by atoms with Crippen LogP contribution in [0.3, 0.4) is 0 Å². The molecule has 2 aromatic heterocycles. The molecule has 0 unspecified atom stereocenters. The van der Waals surface area contributed by atoms with E-state index in [9.17, 15) is 22.8 Å². The lowest BCUT2D eigenvalue weighted by Crippen LogP contribution is -2.40. The van der Waals surface area contributed by atoms with Crippen molar-refractivity contribution in [3.8, 4) is 5.88 Å². The van der Waals surface area contributed by atoms with E-state index in [1.54, 1.807) is 9.47 Å². The number of likely N-dealkylation sites (tertiary alicyclic amines) is 1. The Morgan fingerprint density at radius 1 is 1.17 bits per heavy atom. The van der Waals surface area contributed by atoms with Crippen molar-refractivity contribution in [2.45, 2.75) is 25.1 Å². The van der Waals surface area contributed by atoms with Gasteiger partial charge in [0.15, 0.2) is 6.61 Å². The number of nitrogens with zero attached hydrogens (tertiary/aromatic N) is 3. The van der Waals surface area contributed by atoms with Gasteiger partial charge in [0, 0.05) is 25.3 Å². The van der Waals surface area contributed by atoms with Crippen molar-refractivity contribution < 1.29 is 22.7 Å². The second-order valence-electron chi connectivity index (χ2n) is 7.10. The summed E-state index contributed by atoms with van der Waals surface area (Å²) >= 11 is 0. The number of hydrogen-bond donors (Lipinski definition) is 1. The van der Waals surface area contributed by atoms with Gasteiger partial charge in [-0.05, 0) is 37.1 Å². The van der Waals surface area contributed by atoms with Crippen LogP contribution < -0.4 is 10.4 Å². The van der Waals surface area contributed by atoms with Crippen LogP contribution in [-0.2, 0) is 0 Å². The summed E-state index contributed by atoms with van der Waals surface area (Å²) < 4.78 is 43.8. The molecule has 1 aromatic carbocycles. The standard InChI is InChI=1S/C20H19F3N4O3/c21-20(22,23)12-30-17-14(4-3-9-24-17)18(28)26-10-7-13(8-11-26)27-16-6-2-1-5-15(16)25-19(27)29/h1-6,9,13H,7-8,10-12H2,(H,25,29). The molecule has 1 amide bonds. The molecule has 0 aliphatic carbocycles. The number of H-pyrrole nitrogens is 1. The fourth-order valence-corrected chi connectivity index (χ4v) is 3.75. The zero-order valence-corrected chi connectivity index (χ0v) is 15.9. The van der Waals surface area contributed by atoms with Crippen molar-refractivity contribution in [2.24, 2.45) is 0 Å². The molecule has 0 radical (unpaired) electrons. The number of carbonyl (C=O) groups is 1. The third-order valence-electron chi connectivity index (χ3n) is 5.11. The summed E-state index contributed by atoms with van der Waals surface area (Å²) in [6.07, 6.45) is -2.15. The Hall–Kier alpha value is -3.30. The predicted octanol–water partition coefficient (Wildman–Crippen LogP) is 3.14. The number of piperidine rings is 1. The number of fused-ring (bicyclic) bond motifs is 1. The second kappa shape index (κ2) is 7.85. The Morgan fingerprint density at radius 2 is 1.90 bits per heavy atom. The molecule has 3 heterocycles. The number of rotatable bonds is 4. The molecule has 0 atom stereocenters. The van der Waals surface area contributed by atoms with Gasteiger partial charge < -0.3 is 14.6 Å². The summed E-state index contributed by atoms with van der Waals surface area (Å²) in [6, 6.07) is 10.2. The van der Waals surface area contributed by atoms with E-state index in [2.05, 4.69) is 9.97 Å². The number of imidazole rings is 1. The Kier molecular flexibility index (Phi) is 5.23. The third kappa shape index (κ3) is 4.03. The van der Waals surface area contributed by atoms with Gasteiger partial charge in [0.25, 0.3) is 5.91 Å². The summed E-state index contributed by atoms with van der Waals surface area (Å²) in [6.45, 7) is -0.790. The van der Waals surface area contributed by atoms with Crippen molar-refractivity contribution in [1.29, 1.82) is 0 Å². The van der Waals surface area contributed by atoms with E-state index in [0.29, 0.717) is 25.9 Å². The molecule has 7 nitrogen and oxygen atoms in total. The van der Waals surface area contributed by atoms with E-state index in [0.717, 1.165) is 11.0 Å². The molecule has 1 aliphatic rings. The first kappa shape index (κ1) is 20.0. The van der Waals surface area contributed by atoms with Gasteiger partial charge in [-0.3, -0.25) is 9.36 Å². The monoisotopic (exact) mass is 420 g/mol. The van der Waals surface area contributed by atoms with E-state index >= 15 is 0 Å². The largest absolute Gasteiger partial charge is 0.467 e. The minimum absolute atomic E-state index is 0.00976. The molecule has 1 fully saturated rings. The van der Waals surface area contributed by atoms with E-state index in [4.69, 9.17) is 4.74 Å². The number of alkyl halides is 3. The number of benzene rings is 1. The fraction of sp³-hybridized carbons (Fsp3) is 0.350. The fourth-order valence-electron chi connectivity index (χ4n) is 3.75. The Balaban J connectivity index is 1.48. The first-order chi connectivity index (χ1) is 14.3. The highest BCUT2D eigenvalue weighted by Crippen LogP contribution is 2.27. The van der Waals surface area contributed by atoms with Crippen LogP contribution >= 0.6 is 0 Å². The van der Waals surface area contributed by atoms with E-state index in [-0.39, 0.29) is 23.2 Å². The van der Waals surface area contributed by atoms with Gasteiger partial charge in [-0.25, -0.2) is 9.78 Å². The highest BCUT2D eigenvalue weighted by Gasteiger charge is 2.31. The minimum atomic E-state index is -4.53. The third-order valence-corrected chi connectivity index (χ3v) is 5.11. The zero-order chi connectivity index (χ0) is 21.3. The molecule has 0 saturated carbocycles. The maximum Gasteiger partial charge on any atom is 0.422 e. The lowest BCUT2D eigenvalue weighted by molar-refractivity contribution is -0.154. The number of ether oxygens (including phenoxy) is 1. The number of hydrogen-bond acceptors (Lipinski definition) is 4. The summed E-state index contributed by atoms with van der Waals surface area (Å²) in [5.41, 5.74) is 1.35. The number of pyridine rings is 1. The van der Waals surface area contributed by atoms with Crippen LogP contribution in [0.2, 0.25) is 0 Å². The number of carbonyl (C=O) groups excluding carboxylic acids is 1. The summed E-state index contributed by atoms with van der Waals surface area (Å²) in [5, 5.41) is 0. The maximum atomic E-state index is 12.9. The number of halogens is 3. The minimum Gasteiger partial charge on any atom is -0.467 e. The summed E-state index contributed by atoms with van der Waals surface area (Å²) in [5.74, 6) is -0.778. The average molecular weight is 420 g/mol. The number of amides is 1. The van der Waals surface area contributed by atoms with Gasteiger partial charge >= 0.3 is 11.9 Å². The molecule has 4 rings (SSSR count). The lowest BCUT2D eigenvalue weighted by Gasteiger charge is -2.32. The molecule has 1 saturated heterocycles. The second-order valence-corrected chi connectivity index (χ2v) is 7.10. The van der Waals surface area contributed by atoms with Crippen LogP contribution in [0.4, 0.5) is 13.2 Å². The molecular formula is C20H19F3N4O3. The summed E-state index contributed by atoms with van der Waals surface area (Å²) in [4.78, 5) is 33.4. The van der Waals surface area contributed by atoms with Crippen molar-refractivity contribution >= 4 is 16.9 Å². The van der Waals surface area contributed by atoms with Crippen molar-refractivity contribution in [3.63, 3.8) is 0 Å². The van der Waals surface area contributed by atoms with Crippen molar-refractivity contribution in [2.75, 3.05) is 19.7 Å². The van der Waals surface area contributed by atoms with E-state index in [1.807, 2.05) is 24.3 Å². The topological polar surface area (TPSA) is 80.2 Å². The number of aromatic nitrogens is 3. The quantitative estimate of drug-likeness (QED) is 0.703. The average Bonchev–Trinajstić information content (AvgIpc) is 3.07. The Labute approximate surface area is 169 Å². The van der Waals surface area contributed by atoms with Gasteiger partial charge in [-0.2, -0.15) is 13.2 Å². The molecule has 158 valence electrons. The van der Waals surface area contributed by atoms with Crippen LogP contribution in [0.25, 0.3) is 11.0 Å². The normalized spacial score (nSPS) is 15.5.